The van der Waals surface area contributed by atoms with Gasteiger partial charge in [0.1, 0.15) is 0 Å². The maximum absolute atomic E-state index is 12.7. The molecule has 1 amide bonds. The van der Waals surface area contributed by atoms with Crippen LogP contribution in [0.3, 0.4) is 0 Å². The summed E-state index contributed by atoms with van der Waals surface area (Å²) in [4.78, 5) is 14.4. The van der Waals surface area contributed by atoms with Crippen LogP contribution in [0.4, 0.5) is 18.9 Å². The van der Waals surface area contributed by atoms with Gasteiger partial charge in [0.15, 0.2) is 0 Å². The minimum absolute atomic E-state index is 0.0736. The summed E-state index contributed by atoms with van der Waals surface area (Å²) < 4.78 is 38.1. The van der Waals surface area contributed by atoms with Gasteiger partial charge in [-0.1, -0.05) is 30.3 Å². The van der Waals surface area contributed by atoms with E-state index in [1.807, 2.05) is 24.3 Å². The van der Waals surface area contributed by atoms with Crippen LogP contribution in [0.1, 0.15) is 29.5 Å². The van der Waals surface area contributed by atoms with Crippen LogP contribution in [0.2, 0.25) is 0 Å². The van der Waals surface area contributed by atoms with E-state index in [-0.39, 0.29) is 12.3 Å². The summed E-state index contributed by atoms with van der Waals surface area (Å²) in [6, 6.07) is 12.9. The van der Waals surface area contributed by atoms with E-state index in [2.05, 4.69) is 10.2 Å². The van der Waals surface area contributed by atoms with E-state index in [1.165, 1.54) is 30.7 Å². The molecule has 0 radical (unpaired) electrons. The maximum Gasteiger partial charge on any atom is 0.416 e. The molecule has 1 N–H and O–H groups in total. The molecule has 2 aromatic rings. The quantitative estimate of drug-likeness (QED) is 0.866. The molecule has 3 nitrogen and oxygen atoms in total. The van der Waals surface area contributed by atoms with Crippen molar-refractivity contribution in [3.63, 3.8) is 0 Å². The topological polar surface area (TPSA) is 32.3 Å². The lowest BCUT2D eigenvalue weighted by molar-refractivity contribution is -0.137. The predicted molar refractivity (Wildman–Crippen MR) is 94.9 cm³/mol. The van der Waals surface area contributed by atoms with Crippen LogP contribution < -0.4 is 10.2 Å². The van der Waals surface area contributed by atoms with Crippen molar-refractivity contribution in [2.45, 2.75) is 32.0 Å². The van der Waals surface area contributed by atoms with Gasteiger partial charge in [-0.2, -0.15) is 13.2 Å². The van der Waals surface area contributed by atoms with Crippen molar-refractivity contribution >= 4 is 11.6 Å². The Morgan fingerprint density at radius 1 is 1.00 bits per heavy atom. The summed E-state index contributed by atoms with van der Waals surface area (Å²) in [6.45, 7) is 2.51. The number of benzene rings is 2. The largest absolute Gasteiger partial charge is 0.416 e. The van der Waals surface area contributed by atoms with Crippen LogP contribution in [0, 0.1) is 0 Å². The molecule has 0 saturated carbocycles. The van der Waals surface area contributed by atoms with Gasteiger partial charge in [-0.25, -0.2) is 0 Å². The molecule has 0 spiro atoms. The maximum atomic E-state index is 12.7. The molecule has 6 heteroatoms. The molecule has 0 aliphatic carbocycles. The molecule has 0 aromatic heterocycles. The van der Waals surface area contributed by atoms with E-state index in [1.54, 1.807) is 0 Å². The third kappa shape index (κ3) is 4.77. The number of carbonyl (C=O) groups is 1. The third-order valence-corrected chi connectivity index (χ3v) is 4.52. The minimum atomic E-state index is -4.40. The number of hydrogen-bond donors (Lipinski definition) is 1. The normalized spacial score (nSPS) is 14.5. The van der Waals surface area contributed by atoms with Crippen molar-refractivity contribution in [1.29, 1.82) is 0 Å². The highest BCUT2D eigenvalue weighted by Gasteiger charge is 2.30. The number of rotatable bonds is 5. The van der Waals surface area contributed by atoms with Crippen LogP contribution in [0.15, 0.2) is 48.5 Å². The lowest BCUT2D eigenvalue weighted by Gasteiger charge is -2.17. The molecular formula is C20H21F3N2O. The van der Waals surface area contributed by atoms with E-state index in [9.17, 15) is 18.0 Å². The van der Waals surface area contributed by atoms with Gasteiger partial charge >= 0.3 is 6.18 Å². The first kappa shape index (κ1) is 18.3. The van der Waals surface area contributed by atoms with Crippen molar-refractivity contribution in [1.82, 2.24) is 5.32 Å². The molecule has 3 rings (SSSR count). The van der Waals surface area contributed by atoms with Gasteiger partial charge in [0.05, 0.1) is 12.0 Å². The number of amides is 1. The molecule has 138 valence electrons. The molecule has 0 unspecified atom stereocenters. The number of anilines is 1. The fourth-order valence-corrected chi connectivity index (χ4v) is 3.11. The average molecular weight is 362 g/mol. The Labute approximate surface area is 150 Å². The van der Waals surface area contributed by atoms with Crippen molar-refractivity contribution in [2.24, 2.45) is 0 Å². The Hall–Kier alpha value is -2.50. The predicted octanol–water partition coefficient (Wildman–Crippen LogP) is 4.16. The van der Waals surface area contributed by atoms with Crippen LogP contribution in [-0.2, 0) is 23.9 Å². The molecule has 1 fully saturated rings. The van der Waals surface area contributed by atoms with Crippen LogP contribution in [-0.4, -0.2) is 19.0 Å². The molecular weight excluding hydrogens is 341 g/mol. The lowest BCUT2D eigenvalue weighted by Crippen LogP contribution is -2.24. The van der Waals surface area contributed by atoms with E-state index in [0.717, 1.165) is 30.8 Å². The SMILES string of the molecule is O=C(Cc1cccc(C(F)(F)F)c1)NCc1ccc(N2CCCC2)cc1. The molecule has 1 aliphatic heterocycles. The smallest absolute Gasteiger partial charge is 0.372 e. The molecule has 2 aromatic carbocycles. The van der Waals surface area contributed by atoms with Crippen molar-refractivity contribution in [2.75, 3.05) is 18.0 Å². The Morgan fingerprint density at radius 3 is 2.35 bits per heavy atom. The van der Waals surface area contributed by atoms with Crippen molar-refractivity contribution in [3.05, 3.63) is 65.2 Å². The number of hydrogen-bond acceptors (Lipinski definition) is 2. The zero-order valence-corrected chi connectivity index (χ0v) is 14.4. The average Bonchev–Trinajstić information content (AvgIpc) is 3.14. The molecule has 0 atom stereocenters. The van der Waals surface area contributed by atoms with E-state index < -0.39 is 11.7 Å². The van der Waals surface area contributed by atoms with Gasteiger partial charge < -0.3 is 10.2 Å². The number of halogens is 3. The summed E-state index contributed by atoms with van der Waals surface area (Å²) in [7, 11) is 0. The third-order valence-electron chi connectivity index (χ3n) is 4.52. The minimum Gasteiger partial charge on any atom is -0.372 e. The highest BCUT2D eigenvalue weighted by Crippen LogP contribution is 2.29. The van der Waals surface area contributed by atoms with E-state index in [0.29, 0.717) is 12.1 Å². The fraction of sp³-hybridized carbons (Fsp3) is 0.350. The summed E-state index contributed by atoms with van der Waals surface area (Å²) in [5.74, 6) is -0.298. The van der Waals surface area contributed by atoms with Gasteiger partial charge in [-0.05, 0) is 42.2 Å². The molecule has 1 heterocycles. The Morgan fingerprint density at radius 2 is 1.69 bits per heavy atom. The standard InChI is InChI=1S/C20H21F3N2O/c21-20(22,23)17-5-3-4-16(12-17)13-19(26)24-14-15-6-8-18(9-7-15)25-10-1-2-11-25/h3-9,12H,1-2,10-11,13-14H2,(H,24,26). The highest BCUT2D eigenvalue weighted by molar-refractivity contribution is 5.78. The van der Waals surface area contributed by atoms with Crippen LogP contribution >= 0.6 is 0 Å². The van der Waals surface area contributed by atoms with Crippen molar-refractivity contribution in [3.8, 4) is 0 Å². The van der Waals surface area contributed by atoms with E-state index >= 15 is 0 Å². The Balaban J connectivity index is 1.52. The summed E-state index contributed by atoms with van der Waals surface area (Å²) in [5, 5.41) is 2.76. The fourth-order valence-electron chi connectivity index (χ4n) is 3.11. The first-order valence-corrected chi connectivity index (χ1v) is 8.68. The number of nitrogens with zero attached hydrogens (tertiary/aromatic N) is 1. The monoisotopic (exact) mass is 362 g/mol. The summed E-state index contributed by atoms with van der Waals surface area (Å²) in [5.41, 5.74) is 1.76. The van der Waals surface area contributed by atoms with E-state index in [4.69, 9.17) is 0 Å². The molecule has 1 saturated heterocycles. The van der Waals surface area contributed by atoms with Gasteiger partial charge in [0, 0.05) is 25.3 Å². The first-order valence-electron chi connectivity index (χ1n) is 8.68. The first-order chi connectivity index (χ1) is 12.4. The molecule has 0 bridgehead atoms. The number of nitrogens with one attached hydrogen (secondary N) is 1. The number of carbonyl (C=O) groups excluding carboxylic acids is 1. The Bertz CT molecular complexity index is 750. The second kappa shape index (κ2) is 7.81. The van der Waals surface area contributed by atoms with Gasteiger partial charge in [-0.3, -0.25) is 4.79 Å². The van der Waals surface area contributed by atoms with Gasteiger partial charge in [0.2, 0.25) is 5.91 Å². The summed E-state index contributed by atoms with van der Waals surface area (Å²) in [6.07, 6.45) is -2.04. The number of alkyl halides is 3. The second-order valence-corrected chi connectivity index (χ2v) is 6.51. The Kier molecular flexibility index (Phi) is 5.49. The van der Waals surface area contributed by atoms with Gasteiger partial charge in [0.25, 0.3) is 0 Å². The van der Waals surface area contributed by atoms with Gasteiger partial charge in [-0.15, -0.1) is 0 Å². The lowest BCUT2D eigenvalue weighted by atomic mass is 10.1. The molecule has 1 aliphatic rings. The highest BCUT2D eigenvalue weighted by atomic mass is 19.4. The van der Waals surface area contributed by atoms with Crippen LogP contribution in [0.25, 0.3) is 0 Å². The zero-order valence-electron chi connectivity index (χ0n) is 14.4. The second-order valence-electron chi connectivity index (χ2n) is 6.51. The molecule has 26 heavy (non-hydrogen) atoms. The zero-order chi connectivity index (χ0) is 18.6. The van der Waals surface area contributed by atoms with Crippen LogP contribution in [0.5, 0.6) is 0 Å². The summed E-state index contributed by atoms with van der Waals surface area (Å²) >= 11 is 0. The van der Waals surface area contributed by atoms with Crippen molar-refractivity contribution < 1.29 is 18.0 Å².